The fraction of sp³-hybridized carbons (Fsp3) is 0.222. The van der Waals surface area contributed by atoms with Gasteiger partial charge in [0.15, 0.2) is 5.11 Å². The Bertz CT molecular complexity index is 1140. The normalized spacial score (nSPS) is 15.4. The van der Waals surface area contributed by atoms with Crippen molar-refractivity contribution in [1.82, 2.24) is 10.2 Å². The molecule has 3 aromatic rings. The summed E-state index contributed by atoms with van der Waals surface area (Å²) in [6.07, 6.45) is 1.57. The van der Waals surface area contributed by atoms with E-state index in [0.717, 1.165) is 12.0 Å². The molecule has 0 bridgehead atoms. The summed E-state index contributed by atoms with van der Waals surface area (Å²) >= 11 is 11.7. The molecule has 1 N–H and O–H groups in total. The predicted molar refractivity (Wildman–Crippen MR) is 140 cm³/mol. The molecule has 5 nitrogen and oxygen atoms in total. The Hall–Kier alpha value is -3.22. The number of hydrogen-bond acceptors (Lipinski definition) is 3. The van der Waals surface area contributed by atoms with E-state index in [4.69, 9.17) is 23.8 Å². The van der Waals surface area contributed by atoms with Crippen molar-refractivity contribution < 1.29 is 9.59 Å². The van der Waals surface area contributed by atoms with Crippen molar-refractivity contribution in [3.8, 4) is 0 Å². The molecule has 2 amide bonds. The van der Waals surface area contributed by atoms with Crippen molar-refractivity contribution >= 4 is 46.4 Å². The van der Waals surface area contributed by atoms with Gasteiger partial charge in [0, 0.05) is 18.1 Å². The summed E-state index contributed by atoms with van der Waals surface area (Å²) in [5.74, 6) is -0.468. The van der Waals surface area contributed by atoms with Crippen molar-refractivity contribution in [2.75, 3.05) is 18.0 Å². The molecule has 34 heavy (non-hydrogen) atoms. The summed E-state index contributed by atoms with van der Waals surface area (Å²) in [5, 5.41) is 4.45. The second-order valence-corrected chi connectivity index (χ2v) is 8.98. The minimum Gasteiger partial charge on any atom is -0.362 e. The molecule has 0 aromatic heterocycles. The molecule has 0 aliphatic carbocycles. The number of halogens is 1. The minimum absolute atomic E-state index is 0.0921. The fourth-order valence-corrected chi connectivity index (χ4v) is 4.51. The summed E-state index contributed by atoms with van der Waals surface area (Å²) in [4.78, 5) is 29.3. The largest absolute Gasteiger partial charge is 0.362 e. The maximum absolute atomic E-state index is 13.4. The lowest BCUT2D eigenvalue weighted by Gasteiger charge is -2.30. The van der Waals surface area contributed by atoms with Crippen LogP contribution in [0.5, 0.6) is 0 Å². The molecule has 1 aliphatic heterocycles. The van der Waals surface area contributed by atoms with E-state index in [9.17, 15) is 9.59 Å². The lowest BCUT2D eigenvalue weighted by atomic mass is 10.1. The highest BCUT2D eigenvalue weighted by Gasteiger charge is 2.43. The number of rotatable bonds is 8. The molecule has 174 valence electrons. The third-order valence-corrected chi connectivity index (χ3v) is 6.49. The number of carbonyl (C=O) groups excluding carboxylic acids is 2. The first-order chi connectivity index (χ1) is 16.5. The molecule has 0 radical (unpaired) electrons. The topological polar surface area (TPSA) is 52.7 Å². The van der Waals surface area contributed by atoms with Gasteiger partial charge in [-0.1, -0.05) is 72.3 Å². The Kier molecular flexibility index (Phi) is 7.93. The number of hydrogen-bond donors (Lipinski definition) is 1. The van der Waals surface area contributed by atoms with E-state index in [-0.39, 0.29) is 18.2 Å². The Balaban J connectivity index is 1.49. The van der Waals surface area contributed by atoms with Crippen LogP contribution < -0.4 is 10.2 Å². The Labute approximate surface area is 210 Å². The molecule has 0 spiro atoms. The number of nitrogens with one attached hydrogen (secondary N) is 1. The first-order valence-electron chi connectivity index (χ1n) is 11.3. The van der Waals surface area contributed by atoms with Crippen LogP contribution >= 0.6 is 23.8 Å². The van der Waals surface area contributed by atoms with Crippen molar-refractivity contribution in [2.24, 2.45) is 0 Å². The Morgan fingerprint density at radius 3 is 2.21 bits per heavy atom. The smallest absolute Gasteiger partial charge is 0.257 e. The van der Waals surface area contributed by atoms with Gasteiger partial charge in [0.1, 0.15) is 6.04 Å². The molecular formula is C27H26ClN3O2S. The number of anilines is 1. The van der Waals surface area contributed by atoms with E-state index in [2.05, 4.69) is 17.4 Å². The molecule has 1 unspecified atom stereocenters. The average Bonchev–Trinajstić information content (AvgIpc) is 3.15. The molecule has 7 heteroatoms. The van der Waals surface area contributed by atoms with Crippen LogP contribution in [-0.4, -0.2) is 41.0 Å². The van der Waals surface area contributed by atoms with Gasteiger partial charge in [-0.25, -0.2) is 4.90 Å². The van der Waals surface area contributed by atoms with Crippen molar-refractivity contribution in [2.45, 2.75) is 25.3 Å². The molecule has 1 saturated heterocycles. The molecule has 3 aromatic carbocycles. The maximum atomic E-state index is 13.4. The lowest BCUT2D eigenvalue weighted by Crippen LogP contribution is -2.50. The standard InChI is InChI=1S/C27H26ClN3O2S/c28-22-13-11-21(12-14-22)16-18-30(27(34)29-17-15-20-7-3-1-4-8-20)24-19-25(32)31(26(24)33)23-9-5-2-6-10-23/h1-14,24H,15-19H2,(H,29,34). The SMILES string of the molecule is O=C1CC(N(CCc2ccc(Cl)cc2)C(=S)NCCc2ccccc2)C(=O)N1c1ccccc1. The second kappa shape index (κ2) is 11.3. The zero-order valence-electron chi connectivity index (χ0n) is 18.7. The fourth-order valence-electron chi connectivity index (χ4n) is 4.07. The third-order valence-electron chi connectivity index (χ3n) is 5.86. The van der Waals surface area contributed by atoms with Crippen molar-refractivity contribution in [3.05, 3.63) is 101 Å². The van der Waals surface area contributed by atoms with Crippen LogP contribution in [0.1, 0.15) is 17.5 Å². The monoisotopic (exact) mass is 491 g/mol. The first-order valence-corrected chi connectivity index (χ1v) is 12.1. The minimum atomic E-state index is -0.642. The predicted octanol–water partition coefficient (Wildman–Crippen LogP) is 4.63. The number of nitrogens with zero attached hydrogens (tertiary/aromatic N) is 2. The zero-order valence-corrected chi connectivity index (χ0v) is 20.3. The van der Waals surface area contributed by atoms with Crippen LogP contribution in [0.4, 0.5) is 5.69 Å². The highest BCUT2D eigenvalue weighted by molar-refractivity contribution is 7.80. The van der Waals surface area contributed by atoms with Gasteiger partial charge in [0.2, 0.25) is 5.91 Å². The van der Waals surface area contributed by atoms with Crippen LogP contribution in [0.15, 0.2) is 84.9 Å². The van der Waals surface area contributed by atoms with Gasteiger partial charge in [-0.3, -0.25) is 9.59 Å². The van der Waals surface area contributed by atoms with Crippen LogP contribution in [-0.2, 0) is 22.4 Å². The number of imide groups is 1. The number of thiocarbonyl (C=S) groups is 1. The second-order valence-electron chi connectivity index (χ2n) is 8.16. The molecule has 1 fully saturated rings. The van der Waals surface area contributed by atoms with Gasteiger partial charge in [-0.2, -0.15) is 0 Å². The summed E-state index contributed by atoms with van der Waals surface area (Å²) in [5.41, 5.74) is 2.87. The number of carbonyl (C=O) groups is 2. The van der Waals surface area contributed by atoms with E-state index >= 15 is 0 Å². The number of para-hydroxylation sites is 1. The quantitative estimate of drug-likeness (QED) is 0.367. The molecule has 4 rings (SSSR count). The van der Waals surface area contributed by atoms with Gasteiger partial charge in [0.25, 0.3) is 5.91 Å². The van der Waals surface area contributed by atoms with E-state index in [1.807, 2.05) is 65.6 Å². The summed E-state index contributed by atoms with van der Waals surface area (Å²) in [6.45, 7) is 1.14. The van der Waals surface area contributed by atoms with Crippen molar-refractivity contribution in [3.63, 3.8) is 0 Å². The third kappa shape index (κ3) is 5.82. The van der Waals surface area contributed by atoms with E-state index in [1.165, 1.54) is 10.5 Å². The van der Waals surface area contributed by atoms with Gasteiger partial charge in [-0.05, 0) is 60.5 Å². The van der Waals surface area contributed by atoms with Gasteiger partial charge < -0.3 is 10.2 Å². The first kappa shape index (κ1) is 23.9. The maximum Gasteiger partial charge on any atom is 0.257 e. The zero-order chi connectivity index (χ0) is 23.9. The molecule has 0 saturated carbocycles. The summed E-state index contributed by atoms with van der Waals surface area (Å²) in [7, 11) is 0. The number of amides is 2. The highest BCUT2D eigenvalue weighted by Crippen LogP contribution is 2.26. The van der Waals surface area contributed by atoms with Gasteiger partial charge in [-0.15, -0.1) is 0 Å². The van der Waals surface area contributed by atoms with Crippen LogP contribution in [0.3, 0.4) is 0 Å². The highest BCUT2D eigenvalue weighted by atomic mass is 35.5. The average molecular weight is 492 g/mol. The molecule has 1 heterocycles. The number of benzene rings is 3. The molecular weight excluding hydrogens is 466 g/mol. The van der Waals surface area contributed by atoms with Crippen molar-refractivity contribution in [1.29, 1.82) is 0 Å². The Morgan fingerprint density at radius 2 is 1.53 bits per heavy atom. The summed E-state index contributed by atoms with van der Waals surface area (Å²) < 4.78 is 0. The van der Waals surface area contributed by atoms with Gasteiger partial charge in [0.05, 0.1) is 12.1 Å². The van der Waals surface area contributed by atoms with E-state index in [1.54, 1.807) is 12.1 Å². The molecule has 1 aliphatic rings. The lowest BCUT2D eigenvalue weighted by molar-refractivity contribution is -0.122. The summed E-state index contributed by atoms with van der Waals surface area (Å²) in [6, 6.07) is 26.1. The van der Waals surface area contributed by atoms with Crippen LogP contribution in [0.2, 0.25) is 5.02 Å². The van der Waals surface area contributed by atoms with Crippen LogP contribution in [0.25, 0.3) is 0 Å². The van der Waals surface area contributed by atoms with E-state index in [0.29, 0.717) is 35.3 Å². The van der Waals surface area contributed by atoms with Gasteiger partial charge >= 0.3 is 0 Å². The van der Waals surface area contributed by atoms with E-state index < -0.39 is 6.04 Å². The Morgan fingerprint density at radius 1 is 0.912 bits per heavy atom. The molecule has 1 atom stereocenters. The van der Waals surface area contributed by atoms with Crippen LogP contribution in [0, 0.1) is 0 Å².